The quantitative estimate of drug-likeness (QED) is 0.708. The van der Waals surface area contributed by atoms with Gasteiger partial charge in [0.15, 0.2) is 5.65 Å². The van der Waals surface area contributed by atoms with Crippen LogP contribution in [0.25, 0.3) is 16.6 Å². The van der Waals surface area contributed by atoms with E-state index in [1.54, 1.807) is 18.2 Å². The lowest BCUT2D eigenvalue weighted by Gasteiger charge is -2.04. The molecule has 0 saturated carbocycles. The van der Waals surface area contributed by atoms with E-state index < -0.39 is 5.97 Å². The van der Waals surface area contributed by atoms with Gasteiger partial charge in [0.2, 0.25) is 0 Å². The zero-order valence-electron chi connectivity index (χ0n) is 8.33. The van der Waals surface area contributed by atoms with E-state index >= 15 is 0 Å². The molecule has 84 valence electrons. The van der Waals surface area contributed by atoms with Crippen LogP contribution in [0.15, 0.2) is 24.3 Å². The molecule has 0 amide bonds. The summed E-state index contributed by atoms with van der Waals surface area (Å²) in [4.78, 5) is 11.1. The Morgan fingerprint density at radius 3 is 3.00 bits per heavy atom. The van der Waals surface area contributed by atoms with E-state index in [1.807, 2.05) is 0 Å². The summed E-state index contributed by atoms with van der Waals surface area (Å²) in [6.45, 7) is 0. The molecular formula is C10H5ClN4O2. The number of pyridine rings is 1. The number of nitrogens with zero attached hydrogens (tertiary/aromatic N) is 4. The minimum Gasteiger partial charge on any atom is -0.478 e. The maximum absolute atomic E-state index is 11.1. The summed E-state index contributed by atoms with van der Waals surface area (Å²) in [6.07, 6.45) is 0. The van der Waals surface area contributed by atoms with Crippen molar-refractivity contribution in [1.82, 2.24) is 20.0 Å². The van der Waals surface area contributed by atoms with Crippen LogP contribution < -0.4 is 0 Å². The third-order valence-corrected chi connectivity index (χ3v) is 2.82. The highest BCUT2D eigenvalue weighted by molar-refractivity contribution is 6.35. The van der Waals surface area contributed by atoms with E-state index in [1.165, 1.54) is 10.6 Å². The number of fused-ring (bicyclic) bond motifs is 3. The summed E-state index contributed by atoms with van der Waals surface area (Å²) in [6, 6.07) is 6.69. The average molecular weight is 249 g/mol. The first-order chi connectivity index (χ1) is 8.18. The van der Waals surface area contributed by atoms with Crippen LogP contribution in [0.3, 0.4) is 0 Å². The molecule has 0 aliphatic carbocycles. The predicted molar refractivity (Wildman–Crippen MR) is 60.3 cm³/mol. The molecule has 0 saturated heterocycles. The Morgan fingerprint density at radius 2 is 2.24 bits per heavy atom. The Kier molecular flexibility index (Phi) is 1.99. The lowest BCUT2D eigenvalue weighted by atomic mass is 10.1. The third-order valence-electron chi connectivity index (χ3n) is 2.49. The molecule has 0 atom stereocenters. The molecule has 1 aromatic carbocycles. The lowest BCUT2D eigenvalue weighted by Crippen LogP contribution is -2.02. The standard InChI is InChI=1S/C10H5ClN4O2/c11-7-2-1-3-8-5(7)4-6(10(16)17)9-12-13-14-15(8)9/h1-4H,(H,16,17). The molecule has 3 rings (SSSR count). The van der Waals surface area contributed by atoms with E-state index in [0.29, 0.717) is 15.9 Å². The van der Waals surface area contributed by atoms with Gasteiger partial charge in [0.25, 0.3) is 0 Å². The van der Waals surface area contributed by atoms with Crippen molar-refractivity contribution >= 4 is 34.1 Å². The molecule has 0 bridgehead atoms. The monoisotopic (exact) mass is 248 g/mol. The molecule has 6 nitrogen and oxygen atoms in total. The van der Waals surface area contributed by atoms with E-state index in [-0.39, 0.29) is 11.2 Å². The predicted octanol–water partition coefficient (Wildman–Crippen LogP) is 1.63. The van der Waals surface area contributed by atoms with Crippen molar-refractivity contribution in [3.63, 3.8) is 0 Å². The van der Waals surface area contributed by atoms with Crippen LogP contribution in [0.4, 0.5) is 0 Å². The second kappa shape index (κ2) is 3.39. The first-order valence-corrected chi connectivity index (χ1v) is 5.09. The van der Waals surface area contributed by atoms with E-state index in [2.05, 4.69) is 15.5 Å². The molecule has 0 aliphatic heterocycles. The molecule has 2 aromatic heterocycles. The summed E-state index contributed by atoms with van der Waals surface area (Å²) in [5.41, 5.74) is 0.894. The Bertz CT molecular complexity index is 752. The fourth-order valence-electron chi connectivity index (χ4n) is 1.74. The highest BCUT2D eigenvalue weighted by Crippen LogP contribution is 2.25. The highest BCUT2D eigenvalue weighted by Gasteiger charge is 2.15. The fraction of sp³-hybridized carbons (Fsp3) is 0. The normalized spacial score (nSPS) is 11.1. The Labute approximate surface area is 99.4 Å². The van der Waals surface area contributed by atoms with Gasteiger partial charge in [-0.2, -0.15) is 4.52 Å². The minimum absolute atomic E-state index is 0.0237. The molecule has 0 spiro atoms. The van der Waals surface area contributed by atoms with Crippen LogP contribution in [0, 0.1) is 0 Å². The van der Waals surface area contributed by atoms with Crippen LogP contribution in [0.5, 0.6) is 0 Å². The Morgan fingerprint density at radius 1 is 1.41 bits per heavy atom. The zero-order valence-corrected chi connectivity index (χ0v) is 9.09. The van der Waals surface area contributed by atoms with Crippen LogP contribution >= 0.6 is 11.6 Å². The summed E-state index contributed by atoms with van der Waals surface area (Å²) >= 11 is 6.03. The number of aromatic nitrogens is 4. The van der Waals surface area contributed by atoms with Crippen molar-refractivity contribution in [1.29, 1.82) is 0 Å². The Balaban J connectivity index is 2.60. The average Bonchev–Trinajstić information content (AvgIpc) is 2.77. The second-order valence-corrected chi connectivity index (χ2v) is 3.86. The van der Waals surface area contributed by atoms with E-state index in [9.17, 15) is 4.79 Å². The van der Waals surface area contributed by atoms with Gasteiger partial charge < -0.3 is 5.11 Å². The summed E-state index contributed by atoms with van der Waals surface area (Å²) in [5.74, 6) is -1.09. The fourth-order valence-corrected chi connectivity index (χ4v) is 1.96. The Hall–Kier alpha value is -2.21. The number of rotatable bonds is 1. The largest absolute Gasteiger partial charge is 0.478 e. The molecule has 0 unspecified atom stereocenters. The van der Waals surface area contributed by atoms with E-state index in [4.69, 9.17) is 16.7 Å². The number of aromatic carboxylic acids is 1. The number of halogens is 1. The number of hydrogen-bond acceptors (Lipinski definition) is 4. The number of carboxylic acids is 1. The molecule has 2 heterocycles. The van der Waals surface area contributed by atoms with Crippen molar-refractivity contribution in [2.45, 2.75) is 0 Å². The van der Waals surface area contributed by atoms with Gasteiger partial charge in [0.05, 0.1) is 5.52 Å². The molecule has 0 fully saturated rings. The number of benzene rings is 1. The van der Waals surface area contributed by atoms with Gasteiger partial charge in [-0.05, 0) is 28.6 Å². The van der Waals surface area contributed by atoms with Crippen LogP contribution in [-0.4, -0.2) is 31.1 Å². The van der Waals surface area contributed by atoms with Gasteiger partial charge in [-0.25, -0.2) is 4.79 Å². The molecular weight excluding hydrogens is 244 g/mol. The number of hydrogen-bond donors (Lipinski definition) is 1. The van der Waals surface area contributed by atoms with Crippen molar-refractivity contribution in [3.05, 3.63) is 34.9 Å². The number of carboxylic acid groups (broad SMARTS) is 1. The topological polar surface area (TPSA) is 80.4 Å². The number of carbonyl (C=O) groups is 1. The molecule has 7 heteroatoms. The molecule has 0 aliphatic rings. The second-order valence-electron chi connectivity index (χ2n) is 3.45. The van der Waals surface area contributed by atoms with Crippen molar-refractivity contribution in [3.8, 4) is 0 Å². The first-order valence-electron chi connectivity index (χ1n) is 4.71. The number of tetrazole rings is 1. The zero-order chi connectivity index (χ0) is 12.0. The highest BCUT2D eigenvalue weighted by atomic mass is 35.5. The third kappa shape index (κ3) is 1.34. The maximum Gasteiger partial charge on any atom is 0.339 e. The van der Waals surface area contributed by atoms with Crippen molar-refractivity contribution in [2.75, 3.05) is 0 Å². The van der Waals surface area contributed by atoms with Crippen molar-refractivity contribution < 1.29 is 9.90 Å². The van der Waals surface area contributed by atoms with Gasteiger partial charge >= 0.3 is 5.97 Å². The van der Waals surface area contributed by atoms with Gasteiger partial charge in [-0.15, -0.1) is 5.10 Å². The van der Waals surface area contributed by atoms with Crippen LogP contribution in [0.2, 0.25) is 5.02 Å². The first kappa shape index (κ1) is 9.98. The summed E-state index contributed by atoms with van der Waals surface area (Å²) in [5, 5.41) is 21.1. The van der Waals surface area contributed by atoms with Gasteiger partial charge in [-0.1, -0.05) is 17.7 Å². The van der Waals surface area contributed by atoms with Gasteiger partial charge in [-0.3, -0.25) is 0 Å². The van der Waals surface area contributed by atoms with Crippen molar-refractivity contribution in [2.24, 2.45) is 0 Å². The SMILES string of the molecule is O=C(O)c1cc2c(Cl)cccc2n2nnnc12. The summed E-state index contributed by atoms with van der Waals surface area (Å²) in [7, 11) is 0. The molecule has 1 N–H and O–H groups in total. The van der Waals surface area contributed by atoms with Crippen LogP contribution in [0.1, 0.15) is 10.4 Å². The minimum atomic E-state index is -1.09. The molecule has 17 heavy (non-hydrogen) atoms. The molecule has 0 radical (unpaired) electrons. The molecule has 3 aromatic rings. The van der Waals surface area contributed by atoms with Crippen LogP contribution in [-0.2, 0) is 0 Å². The smallest absolute Gasteiger partial charge is 0.339 e. The van der Waals surface area contributed by atoms with Gasteiger partial charge in [0.1, 0.15) is 5.56 Å². The summed E-state index contributed by atoms with van der Waals surface area (Å²) < 4.78 is 1.37. The van der Waals surface area contributed by atoms with E-state index in [0.717, 1.165) is 0 Å². The lowest BCUT2D eigenvalue weighted by molar-refractivity contribution is 0.0698. The van der Waals surface area contributed by atoms with Gasteiger partial charge in [0, 0.05) is 10.4 Å². The maximum atomic E-state index is 11.1.